The zero-order valence-corrected chi connectivity index (χ0v) is 26.0. The average molecular weight is 613 g/mol. The minimum absolute atomic E-state index is 0.655. The minimum atomic E-state index is 0.655. The van der Waals surface area contributed by atoms with E-state index in [-0.39, 0.29) is 0 Å². The van der Waals surface area contributed by atoms with Crippen molar-refractivity contribution in [1.82, 2.24) is 19.1 Å². The van der Waals surface area contributed by atoms with Crippen molar-refractivity contribution in [3.05, 3.63) is 170 Å². The van der Waals surface area contributed by atoms with Gasteiger partial charge in [0.2, 0.25) is 5.95 Å². The molecule has 0 fully saturated rings. The monoisotopic (exact) mass is 612 g/mol. The standard InChI is InChI=1S/C44H28N4/c1-3-13-29(14-4-1)38-28-39(30-15-5-2-6-16-30)46-44(45-38)48-42-22-12-9-19-36(42)37-26-32-25-33(24-23-31(32)27-43(37)48)47-40-20-10-7-17-34(40)35-18-8-11-21-41(35)47/h1-28H. The van der Waals surface area contributed by atoms with Crippen LogP contribution in [0.25, 0.3) is 88.5 Å². The van der Waals surface area contributed by atoms with Gasteiger partial charge >= 0.3 is 0 Å². The average Bonchev–Trinajstić information content (AvgIpc) is 3.67. The molecule has 0 saturated heterocycles. The van der Waals surface area contributed by atoms with Gasteiger partial charge in [0, 0.05) is 38.4 Å². The maximum atomic E-state index is 5.21. The van der Waals surface area contributed by atoms with Crippen LogP contribution >= 0.6 is 0 Å². The Morgan fingerprint density at radius 3 is 1.42 bits per heavy atom. The van der Waals surface area contributed by atoms with Crippen molar-refractivity contribution < 1.29 is 0 Å². The molecule has 4 heteroatoms. The van der Waals surface area contributed by atoms with Crippen molar-refractivity contribution in [2.24, 2.45) is 0 Å². The van der Waals surface area contributed by atoms with Gasteiger partial charge in [-0.25, -0.2) is 9.97 Å². The lowest BCUT2D eigenvalue weighted by atomic mass is 10.1. The largest absolute Gasteiger partial charge is 0.309 e. The van der Waals surface area contributed by atoms with Gasteiger partial charge < -0.3 is 4.57 Å². The predicted molar refractivity (Wildman–Crippen MR) is 199 cm³/mol. The third-order valence-corrected chi connectivity index (χ3v) is 9.51. The lowest BCUT2D eigenvalue weighted by molar-refractivity contribution is 0.996. The Morgan fingerprint density at radius 2 is 0.833 bits per heavy atom. The number of benzene rings is 7. The number of para-hydroxylation sites is 3. The van der Waals surface area contributed by atoms with Gasteiger partial charge in [-0.15, -0.1) is 0 Å². The third kappa shape index (κ3) is 4.10. The molecule has 0 unspecified atom stereocenters. The fourth-order valence-corrected chi connectivity index (χ4v) is 7.30. The highest BCUT2D eigenvalue weighted by molar-refractivity contribution is 6.14. The summed E-state index contributed by atoms with van der Waals surface area (Å²) in [4.78, 5) is 10.4. The number of hydrogen-bond donors (Lipinski definition) is 0. The van der Waals surface area contributed by atoms with Gasteiger partial charge in [0.25, 0.3) is 0 Å². The number of rotatable bonds is 4. The molecule has 224 valence electrons. The van der Waals surface area contributed by atoms with Crippen LogP contribution in [0.15, 0.2) is 170 Å². The van der Waals surface area contributed by atoms with Gasteiger partial charge in [-0.1, -0.05) is 121 Å². The quantitative estimate of drug-likeness (QED) is 0.198. The second-order valence-electron chi connectivity index (χ2n) is 12.3. The van der Waals surface area contributed by atoms with Crippen molar-refractivity contribution in [2.75, 3.05) is 0 Å². The molecule has 10 aromatic rings. The van der Waals surface area contributed by atoms with E-state index in [0.29, 0.717) is 5.95 Å². The summed E-state index contributed by atoms with van der Waals surface area (Å²) in [6, 6.07) is 60.1. The van der Waals surface area contributed by atoms with Gasteiger partial charge in [0.1, 0.15) is 0 Å². The van der Waals surface area contributed by atoms with Crippen molar-refractivity contribution >= 4 is 54.4 Å². The number of fused-ring (bicyclic) bond motifs is 7. The third-order valence-electron chi connectivity index (χ3n) is 9.51. The first kappa shape index (κ1) is 26.7. The van der Waals surface area contributed by atoms with E-state index in [4.69, 9.17) is 9.97 Å². The zero-order chi connectivity index (χ0) is 31.6. The molecule has 0 aliphatic rings. The van der Waals surface area contributed by atoms with Crippen LogP contribution in [0.2, 0.25) is 0 Å². The molecule has 0 bridgehead atoms. The Kier molecular flexibility index (Phi) is 5.84. The Morgan fingerprint density at radius 1 is 0.333 bits per heavy atom. The lowest BCUT2D eigenvalue weighted by Crippen LogP contribution is -2.04. The van der Waals surface area contributed by atoms with Gasteiger partial charge in [0.15, 0.2) is 0 Å². The SMILES string of the molecule is c1ccc(-c2cc(-c3ccccc3)nc(-n3c4ccccc4c4cc5cc(-n6c7ccccc7c7ccccc76)ccc5cc43)n2)cc1. The van der Waals surface area contributed by atoms with Gasteiger partial charge in [-0.3, -0.25) is 4.57 Å². The van der Waals surface area contributed by atoms with E-state index in [9.17, 15) is 0 Å². The molecule has 0 radical (unpaired) electrons. The first-order chi connectivity index (χ1) is 23.8. The molecule has 0 aliphatic carbocycles. The highest BCUT2D eigenvalue weighted by Gasteiger charge is 2.18. The van der Waals surface area contributed by atoms with Crippen LogP contribution in [-0.2, 0) is 0 Å². The number of nitrogens with zero attached hydrogens (tertiary/aromatic N) is 4. The highest BCUT2D eigenvalue weighted by atomic mass is 15.2. The second kappa shape index (κ2) is 10.5. The molecule has 7 aromatic carbocycles. The Balaban J connectivity index is 1.23. The summed E-state index contributed by atoms with van der Waals surface area (Å²) >= 11 is 0. The van der Waals surface area contributed by atoms with Crippen molar-refractivity contribution in [3.63, 3.8) is 0 Å². The molecule has 0 amide bonds. The van der Waals surface area contributed by atoms with Gasteiger partial charge in [-0.05, 0) is 59.3 Å². The normalized spacial score (nSPS) is 11.8. The molecule has 3 aromatic heterocycles. The first-order valence-electron chi connectivity index (χ1n) is 16.3. The Labute approximate surface area is 276 Å². The van der Waals surface area contributed by atoms with Crippen LogP contribution in [0.5, 0.6) is 0 Å². The molecular weight excluding hydrogens is 585 g/mol. The van der Waals surface area contributed by atoms with Crippen molar-refractivity contribution in [2.45, 2.75) is 0 Å². The van der Waals surface area contributed by atoms with Crippen LogP contribution in [0.4, 0.5) is 0 Å². The fraction of sp³-hybridized carbons (Fsp3) is 0. The maximum absolute atomic E-state index is 5.21. The molecule has 4 nitrogen and oxygen atoms in total. The van der Waals surface area contributed by atoms with E-state index in [1.54, 1.807) is 0 Å². The maximum Gasteiger partial charge on any atom is 0.235 e. The van der Waals surface area contributed by atoms with E-state index in [2.05, 4.69) is 167 Å². The number of aromatic nitrogens is 4. The van der Waals surface area contributed by atoms with Crippen LogP contribution in [0.1, 0.15) is 0 Å². The molecule has 0 aliphatic heterocycles. The highest BCUT2D eigenvalue weighted by Crippen LogP contribution is 2.37. The van der Waals surface area contributed by atoms with Crippen LogP contribution in [0, 0.1) is 0 Å². The Bertz CT molecular complexity index is 2720. The molecule has 3 heterocycles. The number of hydrogen-bond acceptors (Lipinski definition) is 2. The molecule has 0 atom stereocenters. The van der Waals surface area contributed by atoms with Crippen molar-refractivity contribution in [1.29, 1.82) is 0 Å². The van der Waals surface area contributed by atoms with E-state index in [1.165, 1.54) is 43.4 Å². The molecule has 48 heavy (non-hydrogen) atoms. The molecule has 0 N–H and O–H groups in total. The first-order valence-corrected chi connectivity index (χ1v) is 16.3. The predicted octanol–water partition coefficient (Wildman–Crippen LogP) is 11.2. The van der Waals surface area contributed by atoms with Gasteiger partial charge in [0.05, 0.1) is 33.5 Å². The summed E-state index contributed by atoms with van der Waals surface area (Å²) in [6.45, 7) is 0. The van der Waals surface area contributed by atoms with Crippen LogP contribution in [0.3, 0.4) is 0 Å². The summed E-state index contributed by atoms with van der Waals surface area (Å²) in [5.74, 6) is 0.655. The second-order valence-corrected chi connectivity index (χ2v) is 12.3. The fourth-order valence-electron chi connectivity index (χ4n) is 7.30. The van der Waals surface area contributed by atoms with E-state index in [1.807, 2.05) is 12.1 Å². The van der Waals surface area contributed by atoms with Crippen molar-refractivity contribution in [3.8, 4) is 34.2 Å². The molecule has 0 saturated carbocycles. The smallest absolute Gasteiger partial charge is 0.235 e. The van der Waals surface area contributed by atoms with Crippen LogP contribution in [-0.4, -0.2) is 19.1 Å². The Hall–Kier alpha value is -6.52. The minimum Gasteiger partial charge on any atom is -0.309 e. The summed E-state index contributed by atoms with van der Waals surface area (Å²) in [5, 5.41) is 7.23. The summed E-state index contributed by atoms with van der Waals surface area (Å²) in [7, 11) is 0. The molecular formula is C44H28N4. The molecule has 0 spiro atoms. The van der Waals surface area contributed by atoms with Crippen LogP contribution < -0.4 is 0 Å². The lowest BCUT2D eigenvalue weighted by Gasteiger charge is -2.12. The van der Waals surface area contributed by atoms with E-state index >= 15 is 0 Å². The molecule has 10 rings (SSSR count). The van der Waals surface area contributed by atoms with E-state index in [0.717, 1.165) is 39.2 Å². The summed E-state index contributed by atoms with van der Waals surface area (Å²) < 4.78 is 4.61. The topological polar surface area (TPSA) is 35.6 Å². The summed E-state index contributed by atoms with van der Waals surface area (Å²) in [6.07, 6.45) is 0. The zero-order valence-electron chi connectivity index (χ0n) is 26.0. The van der Waals surface area contributed by atoms with E-state index < -0.39 is 0 Å². The summed E-state index contributed by atoms with van der Waals surface area (Å²) in [5.41, 5.74) is 9.62. The van der Waals surface area contributed by atoms with Gasteiger partial charge in [-0.2, -0.15) is 0 Å².